The quantitative estimate of drug-likeness (QED) is 0.538. The van der Waals surface area contributed by atoms with Gasteiger partial charge in [-0.1, -0.05) is 0 Å². The fraction of sp³-hybridized carbons (Fsp3) is 0.643. The number of rotatable bonds is 6. The molecule has 1 atom stereocenters. The first-order valence-electron chi connectivity index (χ1n) is 6.90. The Morgan fingerprint density at radius 3 is 2.89 bits per heavy atom. The molecule has 19 heavy (non-hydrogen) atoms. The van der Waals surface area contributed by atoms with Gasteiger partial charge >= 0.3 is 0 Å². The Morgan fingerprint density at radius 2 is 2.32 bits per heavy atom. The highest BCUT2D eigenvalue weighted by Crippen LogP contribution is 2.27. The van der Waals surface area contributed by atoms with Gasteiger partial charge < -0.3 is 20.2 Å². The third-order valence-electron chi connectivity index (χ3n) is 3.20. The largest absolute Gasteiger partial charge is 0.466 e. The number of nitrogens with zero attached hydrogens (tertiary/aromatic N) is 1. The lowest BCUT2D eigenvalue weighted by molar-refractivity contribution is 0.0437. The molecule has 0 aromatic carbocycles. The monoisotopic (exact) mass is 265 g/mol. The lowest BCUT2D eigenvalue weighted by Gasteiger charge is -2.19. The van der Waals surface area contributed by atoms with E-state index in [4.69, 9.17) is 4.42 Å². The average molecular weight is 265 g/mol. The SMILES string of the molecule is CCNC(=NCC(C)(O)c1ccco1)NCC1CC1. The van der Waals surface area contributed by atoms with E-state index in [-0.39, 0.29) is 6.54 Å². The highest BCUT2D eigenvalue weighted by molar-refractivity contribution is 5.79. The van der Waals surface area contributed by atoms with Crippen molar-refractivity contribution in [2.24, 2.45) is 10.9 Å². The van der Waals surface area contributed by atoms with Gasteiger partial charge in [0.2, 0.25) is 0 Å². The molecule has 1 aromatic rings. The Morgan fingerprint density at radius 1 is 1.53 bits per heavy atom. The Labute approximate surface area is 114 Å². The summed E-state index contributed by atoms with van der Waals surface area (Å²) in [6.45, 7) is 5.76. The summed E-state index contributed by atoms with van der Waals surface area (Å²) in [6, 6.07) is 3.53. The molecule has 1 saturated carbocycles. The number of nitrogens with one attached hydrogen (secondary N) is 2. The van der Waals surface area contributed by atoms with Gasteiger partial charge in [0.1, 0.15) is 11.4 Å². The van der Waals surface area contributed by atoms with Crippen LogP contribution >= 0.6 is 0 Å². The van der Waals surface area contributed by atoms with Crippen LogP contribution < -0.4 is 10.6 Å². The van der Waals surface area contributed by atoms with E-state index < -0.39 is 5.60 Å². The number of guanidine groups is 1. The first kappa shape index (κ1) is 13.9. The molecule has 5 heteroatoms. The molecule has 106 valence electrons. The minimum atomic E-state index is -1.08. The summed E-state index contributed by atoms with van der Waals surface area (Å²) >= 11 is 0. The molecule has 1 aliphatic carbocycles. The maximum absolute atomic E-state index is 10.3. The Hall–Kier alpha value is -1.49. The van der Waals surface area contributed by atoms with E-state index in [2.05, 4.69) is 15.6 Å². The van der Waals surface area contributed by atoms with Crippen molar-refractivity contribution < 1.29 is 9.52 Å². The zero-order valence-electron chi connectivity index (χ0n) is 11.6. The lowest BCUT2D eigenvalue weighted by atomic mass is 10.0. The van der Waals surface area contributed by atoms with E-state index in [1.165, 1.54) is 12.8 Å². The number of aliphatic hydroxyl groups is 1. The molecule has 1 aromatic heterocycles. The van der Waals surface area contributed by atoms with Crippen molar-refractivity contribution >= 4 is 5.96 Å². The second-order valence-electron chi connectivity index (χ2n) is 5.27. The molecular formula is C14H23N3O2. The average Bonchev–Trinajstić information content (AvgIpc) is 3.03. The molecule has 0 radical (unpaired) electrons. The zero-order valence-corrected chi connectivity index (χ0v) is 11.6. The van der Waals surface area contributed by atoms with Gasteiger partial charge in [-0.15, -0.1) is 0 Å². The first-order chi connectivity index (χ1) is 9.12. The van der Waals surface area contributed by atoms with Crippen LogP contribution in [0.2, 0.25) is 0 Å². The summed E-state index contributed by atoms with van der Waals surface area (Å²) in [7, 11) is 0. The van der Waals surface area contributed by atoms with Gasteiger partial charge in [-0.3, -0.25) is 0 Å². The molecule has 1 unspecified atom stereocenters. The number of hydrogen-bond donors (Lipinski definition) is 3. The fourth-order valence-electron chi connectivity index (χ4n) is 1.80. The fourth-order valence-corrected chi connectivity index (χ4v) is 1.80. The Bertz CT molecular complexity index is 408. The Kier molecular flexibility index (Phi) is 4.47. The maximum Gasteiger partial charge on any atom is 0.191 e. The minimum absolute atomic E-state index is 0.264. The molecule has 2 rings (SSSR count). The minimum Gasteiger partial charge on any atom is -0.466 e. The third kappa shape index (κ3) is 4.28. The summed E-state index contributed by atoms with van der Waals surface area (Å²) in [5.74, 6) is 2.07. The van der Waals surface area contributed by atoms with Crippen LogP contribution in [0.4, 0.5) is 0 Å². The van der Waals surface area contributed by atoms with Gasteiger partial charge in [0.05, 0.1) is 12.8 Å². The van der Waals surface area contributed by atoms with Crippen LogP contribution in [0, 0.1) is 5.92 Å². The smallest absolute Gasteiger partial charge is 0.191 e. The lowest BCUT2D eigenvalue weighted by Crippen LogP contribution is -2.39. The number of furan rings is 1. The molecule has 0 aliphatic heterocycles. The van der Waals surface area contributed by atoms with E-state index in [0.717, 1.165) is 25.0 Å². The van der Waals surface area contributed by atoms with Gasteiger partial charge in [0.25, 0.3) is 0 Å². The zero-order chi connectivity index (χ0) is 13.7. The molecule has 1 fully saturated rings. The van der Waals surface area contributed by atoms with Crippen LogP contribution in [0.5, 0.6) is 0 Å². The van der Waals surface area contributed by atoms with Gasteiger partial charge in [0.15, 0.2) is 5.96 Å². The second kappa shape index (κ2) is 6.10. The molecule has 1 heterocycles. The number of aliphatic imine (C=N–C) groups is 1. The molecule has 0 spiro atoms. The van der Waals surface area contributed by atoms with Crippen LogP contribution in [0.3, 0.4) is 0 Å². The van der Waals surface area contributed by atoms with Gasteiger partial charge in [-0.2, -0.15) is 0 Å². The standard InChI is InChI=1S/C14H23N3O2/c1-3-15-13(16-9-11-6-7-11)17-10-14(2,18)12-5-4-8-19-12/h4-5,8,11,18H,3,6-7,9-10H2,1-2H3,(H2,15,16,17). The van der Waals surface area contributed by atoms with Crippen LogP contribution in [0.1, 0.15) is 32.4 Å². The normalized spacial score (nSPS) is 19.0. The molecule has 5 nitrogen and oxygen atoms in total. The predicted octanol–water partition coefficient (Wildman–Crippen LogP) is 1.45. The highest BCUT2D eigenvalue weighted by Gasteiger charge is 2.26. The summed E-state index contributed by atoms with van der Waals surface area (Å²) < 4.78 is 5.24. The van der Waals surface area contributed by atoms with Crippen molar-refractivity contribution in [2.45, 2.75) is 32.3 Å². The van der Waals surface area contributed by atoms with Crippen LogP contribution in [-0.2, 0) is 5.60 Å². The molecule has 1 aliphatic rings. The molecule has 0 bridgehead atoms. The van der Waals surface area contributed by atoms with E-state index >= 15 is 0 Å². The van der Waals surface area contributed by atoms with Gasteiger partial charge in [0, 0.05) is 13.1 Å². The molecule has 0 amide bonds. The summed E-state index contributed by atoms with van der Waals surface area (Å²) in [5, 5.41) is 16.8. The Balaban J connectivity index is 1.91. The maximum atomic E-state index is 10.3. The van der Waals surface area contributed by atoms with Crippen LogP contribution in [0.15, 0.2) is 27.8 Å². The first-order valence-corrected chi connectivity index (χ1v) is 6.90. The van der Waals surface area contributed by atoms with E-state index in [1.54, 1.807) is 25.3 Å². The van der Waals surface area contributed by atoms with E-state index in [0.29, 0.717) is 5.76 Å². The summed E-state index contributed by atoms with van der Waals surface area (Å²) in [4.78, 5) is 4.43. The number of hydrogen-bond acceptors (Lipinski definition) is 3. The van der Waals surface area contributed by atoms with Crippen molar-refractivity contribution in [3.8, 4) is 0 Å². The van der Waals surface area contributed by atoms with Crippen LogP contribution in [0.25, 0.3) is 0 Å². The van der Waals surface area contributed by atoms with E-state index in [1.807, 2.05) is 6.92 Å². The highest BCUT2D eigenvalue weighted by atomic mass is 16.4. The van der Waals surface area contributed by atoms with Crippen molar-refractivity contribution in [3.63, 3.8) is 0 Å². The van der Waals surface area contributed by atoms with Crippen LogP contribution in [-0.4, -0.2) is 30.7 Å². The van der Waals surface area contributed by atoms with Crippen molar-refractivity contribution in [2.75, 3.05) is 19.6 Å². The van der Waals surface area contributed by atoms with Crippen molar-refractivity contribution in [3.05, 3.63) is 24.2 Å². The van der Waals surface area contributed by atoms with Gasteiger partial charge in [-0.25, -0.2) is 4.99 Å². The third-order valence-corrected chi connectivity index (χ3v) is 3.20. The summed E-state index contributed by atoms with van der Waals surface area (Å²) in [5.41, 5.74) is -1.08. The van der Waals surface area contributed by atoms with Crippen molar-refractivity contribution in [1.82, 2.24) is 10.6 Å². The second-order valence-corrected chi connectivity index (χ2v) is 5.27. The molecular weight excluding hydrogens is 242 g/mol. The van der Waals surface area contributed by atoms with Crippen molar-refractivity contribution in [1.29, 1.82) is 0 Å². The van der Waals surface area contributed by atoms with E-state index in [9.17, 15) is 5.11 Å². The topological polar surface area (TPSA) is 69.8 Å². The predicted molar refractivity (Wildman–Crippen MR) is 75.0 cm³/mol. The van der Waals surface area contributed by atoms with Gasteiger partial charge in [-0.05, 0) is 44.7 Å². The molecule has 3 N–H and O–H groups in total. The summed E-state index contributed by atoms with van der Waals surface area (Å²) in [6.07, 6.45) is 4.16. The molecule has 0 saturated heterocycles.